The Bertz CT molecular complexity index is 740. The molecule has 28 heavy (non-hydrogen) atoms. The lowest BCUT2D eigenvalue weighted by molar-refractivity contribution is 0.149. The summed E-state index contributed by atoms with van der Waals surface area (Å²) >= 11 is 0. The third kappa shape index (κ3) is 4.87. The third-order valence-corrected chi connectivity index (χ3v) is 6.17. The number of hydrogen-bond donors (Lipinski definition) is 2. The van der Waals surface area contributed by atoms with Crippen LogP contribution in [-0.2, 0) is 17.5 Å². The number of nitrogens with one attached hydrogen (secondary N) is 2. The average Bonchev–Trinajstić information content (AvgIpc) is 3.26. The van der Waals surface area contributed by atoms with Crippen molar-refractivity contribution in [3.8, 4) is 0 Å². The Kier molecular flexibility index (Phi) is 5.79. The highest BCUT2D eigenvalue weighted by atomic mass is 15.2. The van der Waals surface area contributed by atoms with Gasteiger partial charge in [0.05, 0.1) is 12.5 Å². The number of hydrogen-bond acceptors (Lipinski definition) is 3. The lowest BCUT2D eigenvalue weighted by Crippen LogP contribution is -2.59. The molecule has 3 heterocycles. The van der Waals surface area contributed by atoms with Crippen LogP contribution in [0.25, 0.3) is 0 Å². The fourth-order valence-corrected chi connectivity index (χ4v) is 4.41. The van der Waals surface area contributed by atoms with Gasteiger partial charge in [-0.25, -0.2) is 4.98 Å². The molecule has 0 unspecified atom stereocenters. The van der Waals surface area contributed by atoms with E-state index < -0.39 is 0 Å². The van der Waals surface area contributed by atoms with Crippen molar-refractivity contribution in [2.24, 2.45) is 11.3 Å². The summed E-state index contributed by atoms with van der Waals surface area (Å²) in [4.78, 5) is 4.21. The maximum Gasteiger partial charge on any atom is 0.0951 e. The molecule has 0 aliphatic carbocycles. The zero-order valence-electron chi connectivity index (χ0n) is 18.8. The summed E-state index contributed by atoms with van der Waals surface area (Å²) < 4.78 is 4.60. The fraction of sp³-hybridized carbons (Fsp3) is 0.696. The Morgan fingerprint density at radius 2 is 1.64 bits per heavy atom. The van der Waals surface area contributed by atoms with E-state index in [1.165, 1.54) is 5.56 Å². The molecule has 0 radical (unpaired) electrons. The Labute approximate surface area is 170 Å². The molecule has 0 aromatic carbocycles. The standard InChI is InChI=1S/C23H39N5/c1-21(2,3)20-25-14-19(15-26-20)13-22(4,5)27-10-8-18(16-27)12-23(6,7)28-11-9-24-17-28/h8-11,16-17,19-20,25-26H,12-15H2,1-7H3. The van der Waals surface area contributed by atoms with Crippen molar-refractivity contribution in [1.82, 2.24) is 24.8 Å². The molecule has 1 aliphatic heterocycles. The minimum absolute atomic E-state index is 0.0198. The molecule has 0 saturated carbocycles. The first kappa shape index (κ1) is 21.1. The molecule has 0 spiro atoms. The van der Waals surface area contributed by atoms with Crippen LogP contribution >= 0.6 is 0 Å². The molecule has 156 valence electrons. The van der Waals surface area contributed by atoms with Gasteiger partial charge >= 0.3 is 0 Å². The maximum absolute atomic E-state index is 4.21. The van der Waals surface area contributed by atoms with Crippen LogP contribution in [0.4, 0.5) is 0 Å². The van der Waals surface area contributed by atoms with Crippen molar-refractivity contribution in [2.45, 2.75) is 78.6 Å². The molecule has 2 aromatic rings. The second kappa shape index (κ2) is 7.68. The van der Waals surface area contributed by atoms with Gasteiger partial charge in [-0.05, 0) is 63.5 Å². The first-order valence-corrected chi connectivity index (χ1v) is 10.6. The van der Waals surface area contributed by atoms with Gasteiger partial charge in [-0.1, -0.05) is 20.8 Å². The Hall–Kier alpha value is -1.59. The van der Waals surface area contributed by atoms with Crippen LogP contribution in [0.3, 0.4) is 0 Å². The summed E-state index contributed by atoms with van der Waals surface area (Å²) in [6.45, 7) is 18.3. The summed E-state index contributed by atoms with van der Waals surface area (Å²) in [5, 5.41) is 7.41. The molecule has 5 nitrogen and oxygen atoms in total. The van der Waals surface area contributed by atoms with Crippen molar-refractivity contribution in [3.63, 3.8) is 0 Å². The second-order valence-electron chi connectivity index (χ2n) is 10.9. The van der Waals surface area contributed by atoms with Crippen molar-refractivity contribution >= 4 is 0 Å². The third-order valence-electron chi connectivity index (χ3n) is 6.17. The maximum atomic E-state index is 4.21. The zero-order chi connectivity index (χ0) is 20.6. The smallest absolute Gasteiger partial charge is 0.0951 e. The van der Waals surface area contributed by atoms with Crippen LogP contribution in [0.2, 0.25) is 0 Å². The highest BCUT2D eigenvalue weighted by Crippen LogP contribution is 2.29. The Morgan fingerprint density at radius 1 is 0.964 bits per heavy atom. The van der Waals surface area contributed by atoms with Gasteiger partial charge in [0, 0.05) is 49.0 Å². The largest absolute Gasteiger partial charge is 0.349 e. The van der Waals surface area contributed by atoms with Gasteiger partial charge in [0.15, 0.2) is 0 Å². The lowest BCUT2D eigenvalue weighted by Gasteiger charge is -2.41. The van der Waals surface area contributed by atoms with Gasteiger partial charge in [-0.3, -0.25) is 0 Å². The van der Waals surface area contributed by atoms with Crippen LogP contribution in [0.1, 0.15) is 60.5 Å². The number of imidazole rings is 1. The van der Waals surface area contributed by atoms with Gasteiger partial charge in [0.25, 0.3) is 0 Å². The minimum atomic E-state index is 0.0198. The van der Waals surface area contributed by atoms with Crippen molar-refractivity contribution in [1.29, 1.82) is 0 Å². The molecule has 5 heteroatoms. The summed E-state index contributed by atoms with van der Waals surface area (Å²) in [5.41, 5.74) is 1.74. The van der Waals surface area contributed by atoms with Crippen molar-refractivity contribution < 1.29 is 0 Å². The van der Waals surface area contributed by atoms with Gasteiger partial charge in [0.1, 0.15) is 0 Å². The Balaban J connectivity index is 1.61. The normalized spacial score (nSPS) is 21.8. The van der Waals surface area contributed by atoms with E-state index >= 15 is 0 Å². The molecule has 1 aliphatic rings. The fourth-order valence-electron chi connectivity index (χ4n) is 4.41. The molecule has 2 N–H and O–H groups in total. The van der Waals surface area contributed by atoms with Gasteiger partial charge in [0.2, 0.25) is 0 Å². The Morgan fingerprint density at radius 3 is 2.21 bits per heavy atom. The number of rotatable bonds is 6. The van der Waals surface area contributed by atoms with Crippen molar-refractivity contribution in [3.05, 3.63) is 42.7 Å². The van der Waals surface area contributed by atoms with E-state index in [1.54, 1.807) is 0 Å². The number of nitrogens with zero attached hydrogens (tertiary/aromatic N) is 3. The van der Waals surface area contributed by atoms with Crippen LogP contribution in [-0.4, -0.2) is 33.4 Å². The van der Waals surface area contributed by atoms with Gasteiger partial charge < -0.3 is 19.8 Å². The van der Waals surface area contributed by atoms with Crippen molar-refractivity contribution in [2.75, 3.05) is 13.1 Å². The van der Waals surface area contributed by atoms with E-state index in [-0.39, 0.29) is 16.5 Å². The lowest BCUT2D eigenvalue weighted by atomic mass is 9.85. The number of aromatic nitrogens is 3. The van der Waals surface area contributed by atoms with E-state index in [1.807, 2.05) is 12.5 Å². The molecule has 2 aromatic heterocycles. The molecular formula is C23H39N5. The van der Waals surface area contributed by atoms with Crippen LogP contribution in [0.5, 0.6) is 0 Å². The summed E-state index contributed by atoms with van der Waals surface area (Å²) in [5.74, 6) is 0.641. The first-order valence-electron chi connectivity index (χ1n) is 10.6. The zero-order valence-corrected chi connectivity index (χ0v) is 18.8. The molecular weight excluding hydrogens is 346 g/mol. The average molecular weight is 386 g/mol. The summed E-state index contributed by atoms with van der Waals surface area (Å²) in [6, 6.07) is 2.27. The predicted octanol–water partition coefficient (Wildman–Crippen LogP) is 3.97. The predicted molar refractivity (Wildman–Crippen MR) is 116 cm³/mol. The minimum Gasteiger partial charge on any atom is -0.349 e. The van der Waals surface area contributed by atoms with Crippen LogP contribution < -0.4 is 10.6 Å². The SMILES string of the molecule is CC(C)(C)C1NCC(CC(C)(C)n2ccc(CC(C)(C)n3ccnc3)c2)CN1. The summed E-state index contributed by atoms with van der Waals surface area (Å²) in [7, 11) is 0. The quantitative estimate of drug-likeness (QED) is 0.791. The molecule has 1 fully saturated rings. The summed E-state index contributed by atoms with van der Waals surface area (Å²) in [6.07, 6.45) is 12.9. The second-order valence-corrected chi connectivity index (χ2v) is 10.9. The van der Waals surface area contributed by atoms with Crippen LogP contribution in [0.15, 0.2) is 37.2 Å². The van der Waals surface area contributed by atoms with E-state index in [2.05, 4.69) is 97.9 Å². The van der Waals surface area contributed by atoms with E-state index in [0.717, 1.165) is 25.9 Å². The first-order chi connectivity index (χ1) is 13.0. The highest BCUT2D eigenvalue weighted by molar-refractivity contribution is 5.15. The van der Waals surface area contributed by atoms with Crippen LogP contribution in [0, 0.1) is 11.3 Å². The topological polar surface area (TPSA) is 46.8 Å². The molecule has 0 bridgehead atoms. The molecule has 1 saturated heterocycles. The molecule has 3 rings (SSSR count). The van der Waals surface area contributed by atoms with E-state index in [4.69, 9.17) is 0 Å². The van der Waals surface area contributed by atoms with Gasteiger partial charge in [-0.2, -0.15) is 0 Å². The molecule has 0 amide bonds. The van der Waals surface area contributed by atoms with Gasteiger partial charge in [-0.15, -0.1) is 0 Å². The van der Waals surface area contributed by atoms with E-state index in [9.17, 15) is 0 Å². The van der Waals surface area contributed by atoms with E-state index in [0.29, 0.717) is 12.1 Å². The monoisotopic (exact) mass is 385 g/mol. The highest BCUT2D eigenvalue weighted by Gasteiger charge is 2.32. The molecule has 0 atom stereocenters.